The summed E-state index contributed by atoms with van der Waals surface area (Å²) < 4.78 is 0.436. The number of halogens is 2. The van der Waals surface area contributed by atoms with Crippen LogP contribution >= 0.6 is 23.2 Å². The Hall–Kier alpha value is -3.09. The molecule has 0 aliphatic rings. The first kappa shape index (κ1) is 18.3. The van der Waals surface area contributed by atoms with Crippen molar-refractivity contribution in [3.05, 3.63) is 86.9 Å². The molecule has 0 amide bonds. The van der Waals surface area contributed by atoms with Crippen molar-refractivity contribution in [1.29, 1.82) is 0 Å². The zero-order chi connectivity index (χ0) is 19.7. The smallest absolute Gasteiger partial charge is 0.384 e. The van der Waals surface area contributed by atoms with Crippen LogP contribution in [0.15, 0.2) is 65.6 Å². The Labute approximate surface area is 170 Å². The van der Waals surface area contributed by atoms with E-state index in [0.717, 1.165) is 16.7 Å². The highest BCUT2D eigenvalue weighted by Crippen LogP contribution is 2.27. The molecule has 28 heavy (non-hydrogen) atoms. The first-order valence-electron chi connectivity index (χ1n) is 8.37. The fourth-order valence-corrected chi connectivity index (χ4v) is 3.43. The summed E-state index contributed by atoms with van der Waals surface area (Å²) in [5, 5.41) is 14.6. The van der Waals surface area contributed by atoms with Crippen LogP contribution in [0.1, 0.15) is 5.56 Å². The van der Waals surface area contributed by atoms with Gasteiger partial charge < -0.3 is 10.5 Å². The first-order valence-corrected chi connectivity index (χ1v) is 9.13. The number of hydrogen-bond acceptors (Lipinski definition) is 5. The summed E-state index contributed by atoms with van der Waals surface area (Å²) in [6.45, 7) is 0.447. The minimum Gasteiger partial charge on any atom is -0.422 e. The lowest BCUT2D eigenvalue weighted by Gasteiger charge is -2.10. The molecular formula is C20H14Cl2N4O2. The number of nitrogens with zero attached hydrogens (tertiary/aromatic N) is 3. The van der Waals surface area contributed by atoms with Crippen molar-refractivity contribution in [2.45, 2.75) is 6.54 Å². The van der Waals surface area contributed by atoms with Gasteiger partial charge in [0.2, 0.25) is 0 Å². The van der Waals surface area contributed by atoms with E-state index in [-0.39, 0.29) is 5.65 Å². The number of nitrogens with one attached hydrogen (secondary N) is 1. The van der Waals surface area contributed by atoms with E-state index < -0.39 is 5.69 Å². The molecule has 0 saturated heterocycles. The number of rotatable bonds is 4. The molecular weight excluding hydrogens is 399 g/mol. The van der Waals surface area contributed by atoms with Crippen molar-refractivity contribution in [3.8, 4) is 11.1 Å². The van der Waals surface area contributed by atoms with E-state index in [1.165, 1.54) is 6.20 Å². The molecule has 0 fully saturated rings. The molecule has 4 aromatic rings. The van der Waals surface area contributed by atoms with Crippen LogP contribution in [0, 0.1) is 0 Å². The van der Waals surface area contributed by atoms with E-state index >= 15 is 0 Å². The quantitative estimate of drug-likeness (QED) is 0.478. The molecule has 2 N–H and O–H groups in total. The zero-order valence-electron chi connectivity index (χ0n) is 14.4. The number of benzene rings is 2. The van der Waals surface area contributed by atoms with E-state index in [0.29, 0.717) is 32.5 Å². The number of anilines is 1. The monoisotopic (exact) mass is 412 g/mol. The SMILES string of the molecule is O=c1nc(NCc2ccc(-c3cc(Cl)cc(Cl)c3)cc2)c2cccnc2n1O. The molecule has 0 spiro atoms. The molecule has 0 saturated carbocycles. The van der Waals surface area contributed by atoms with Crippen LogP contribution in [0.4, 0.5) is 5.82 Å². The molecule has 8 heteroatoms. The van der Waals surface area contributed by atoms with Gasteiger partial charge in [0, 0.05) is 22.8 Å². The molecule has 0 unspecified atom stereocenters. The summed E-state index contributed by atoms with van der Waals surface area (Å²) in [6, 6.07) is 16.7. The van der Waals surface area contributed by atoms with Gasteiger partial charge >= 0.3 is 5.69 Å². The fourth-order valence-electron chi connectivity index (χ4n) is 2.90. The molecule has 4 rings (SSSR count). The van der Waals surface area contributed by atoms with Crippen molar-refractivity contribution in [1.82, 2.24) is 14.7 Å². The largest absolute Gasteiger partial charge is 0.422 e. The summed E-state index contributed by atoms with van der Waals surface area (Å²) >= 11 is 12.1. The Bertz CT molecular complexity index is 1200. The lowest BCUT2D eigenvalue weighted by molar-refractivity contribution is 0.182. The highest BCUT2D eigenvalue weighted by Gasteiger charge is 2.10. The predicted octanol–water partition coefficient (Wildman–Crippen LogP) is 4.61. The fraction of sp³-hybridized carbons (Fsp3) is 0.0500. The number of aromatic nitrogens is 3. The molecule has 0 bridgehead atoms. The Morgan fingerprint density at radius 3 is 2.43 bits per heavy atom. The molecule has 0 aliphatic heterocycles. The Kier molecular flexibility index (Phi) is 4.90. The maximum atomic E-state index is 11.8. The topological polar surface area (TPSA) is 80.0 Å². The molecule has 0 aliphatic carbocycles. The normalized spacial score (nSPS) is 10.9. The van der Waals surface area contributed by atoms with Crippen LogP contribution in [0.2, 0.25) is 10.0 Å². The second-order valence-electron chi connectivity index (χ2n) is 6.14. The third-order valence-corrected chi connectivity index (χ3v) is 4.68. The number of fused-ring (bicyclic) bond motifs is 1. The Morgan fingerprint density at radius 1 is 1.00 bits per heavy atom. The second kappa shape index (κ2) is 7.50. The summed E-state index contributed by atoms with van der Waals surface area (Å²) in [6.07, 6.45) is 1.50. The van der Waals surface area contributed by atoms with Gasteiger partial charge in [0.05, 0.1) is 5.39 Å². The van der Waals surface area contributed by atoms with Crippen molar-refractivity contribution < 1.29 is 5.21 Å². The van der Waals surface area contributed by atoms with E-state index in [4.69, 9.17) is 23.2 Å². The van der Waals surface area contributed by atoms with Crippen molar-refractivity contribution >= 4 is 40.1 Å². The first-order chi connectivity index (χ1) is 13.5. The molecule has 2 aromatic carbocycles. The third-order valence-electron chi connectivity index (χ3n) is 4.24. The molecule has 2 heterocycles. The summed E-state index contributed by atoms with van der Waals surface area (Å²) in [5.74, 6) is 0.365. The van der Waals surface area contributed by atoms with Crippen LogP contribution < -0.4 is 11.0 Å². The minimum atomic E-state index is -0.790. The average Bonchev–Trinajstić information content (AvgIpc) is 2.69. The van der Waals surface area contributed by atoms with E-state index in [1.807, 2.05) is 36.4 Å². The summed E-state index contributed by atoms with van der Waals surface area (Å²) in [7, 11) is 0. The van der Waals surface area contributed by atoms with Gasteiger partial charge in [-0.2, -0.15) is 4.98 Å². The highest BCUT2D eigenvalue weighted by atomic mass is 35.5. The Morgan fingerprint density at radius 2 is 1.71 bits per heavy atom. The maximum Gasteiger partial charge on any atom is 0.384 e. The van der Waals surface area contributed by atoms with Gasteiger partial charge in [0.25, 0.3) is 0 Å². The second-order valence-corrected chi connectivity index (χ2v) is 7.01. The van der Waals surface area contributed by atoms with Crippen LogP contribution in [-0.2, 0) is 6.54 Å². The highest BCUT2D eigenvalue weighted by molar-refractivity contribution is 6.35. The van der Waals surface area contributed by atoms with Crippen LogP contribution in [0.3, 0.4) is 0 Å². The van der Waals surface area contributed by atoms with Gasteiger partial charge in [-0.1, -0.05) is 47.5 Å². The summed E-state index contributed by atoms with van der Waals surface area (Å²) in [5.41, 5.74) is 2.27. The van der Waals surface area contributed by atoms with Gasteiger partial charge in [-0.15, -0.1) is 4.73 Å². The predicted molar refractivity (Wildman–Crippen MR) is 110 cm³/mol. The van der Waals surface area contributed by atoms with Gasteiger partial charge in [-0.25, -0.2) is 9.78 Å². The molecule has 0 radical (unpaired) electrons. The van der Waals surface area contributed by atoms with E-state index in [2.05, 4.69) is 15.3 Å². The minimum absolute atomic E-state index is 0.151. The molecule has 0 atom stereocenters. The average molecular weight is 413 g/mol. The van der Waals surface area contributed by atoms with Gasteiger partial charge in [0.1, 0.15) is 5.82 Å². The van der Waals surface area contributed by atoms with Gasteiger partial charge in [0.15, 0.2) is 5.65 Å². The van der Waals surface area contributed by atoms with Crippen LogP contribution in [0.25, 0.3) is 22.2 Å². The zero-order valence-corrected chi connectivity index (χ0v) is 15.9. The summed E-state index contributed by atoms with van der Waals surface area (Å²) in [4.78, 5) is 19.7. The standard InChI is InChI=1S/C20H14Cl2N4O2/c21-15-8-14(9-16(22)10-15)13-5-3-12(4-6-13)11-24-18-17-2-1-7-23-19(17)26(28)20(27)25-18/h1-10,28H,11H2,(H,24,25,27). The maximum absolute atomic E-state index is 11.8. The lowest BCUT2D eigenvalue weighted by Crippen LogP contribution is -2.23. The number of pyridine rings is 1. The number of hydrogen-bond donors (Lipinski definition) is 2. The van der Waals surface area contributed by atoms with Crippen LogP contribution in [0.5, 0.6) is 0 Å². The molecule has 6 nitrogen and oxygen atoms in total. The van der Waals surface area contributed by atoms with Crippen molar-refractivity contribution in [3.63, 3.8) is 0 Å². The molecule has 2 aromatic heterocycles. The van der Waals surface area contributed by atoms with Crippen molar-refractivity contribution in [2.75, 3.05) is 5.32 Å². The van der Waals surface area contributed by atoms with Crippen LogP contribution in [-0.4, -0.2) is 19.9 Å². The lowest BCUT2D eigenvalue weighted by atomic mass is 10.0. The van der Waals surface area contributed by atoms with E-state index in [9.17, 15) is 10.0 Å². The van der Waals surface area contributed by atoms with Crippen molar-refractivity contribution in [2.24, 2.45) is 0 Å². The van der Waals surface area contributed by atoms with Gasteiger partial charge in [-0.3, -0.25) is 0 Å². The van der Waals surface area contributed by atoms with Gasteiger partial charge in [-0.05, 0) is 47.0 Å². The third kappa shape index (κ3) is 3.65. The van der Waals surface area contributed by atoms with E-state index in [1.54, 1.807) is 18.2 Å². The Balaban J connectivity index is 1.57. The molecule has 140 valence electrons.